The second-order valence-corrected chi connectivity index (χ2v) is 8.34. The monoisotopic (exact) mass is 434 g/mol. The van der Waals surface area contributed by atoms with Gasteiger partial charge in [-0.2, -0.15) is 0 Å². The minimum atomic E-state index is -0.993. The number of carbonyl (C=O) groups excluding carboxylic acids is 1. The van der Waals surface area contributed by atoms with Crippen LogP contribution in [0.5, 0.6) is 0 Å². The van der Waals surface area contributed by atoms with Gasteiger partial charge in [-0.05, 0) is 25.7 Å². The lowest BCUT2D eigenvalue weighted by atomic mass is 10.0. The lowest BCUT2D eigenvalue weighted by Crippen LogP contribution is -2.33. The largest absolute Gasteiger partial charge is 0.458 e. The summed E-state index contributed by atoms with van der Waals surface area (Å²) in [6, 6.07) is 18.0. The third-order valence-corrected chi connectivity index (χ3v) is 4.62. The van der Waals surface area contributed by atoms with Gasteiger partial charge in [0.2, 0.25) is 0 Å². The van der Waals surface area contributed by atoms with E-state index in [4.69, 9.17) is 9.73 Å². The summed E-state index contributed by atoms with van der Waals surface area (Å²) in [6.45, 7) is 5.31. The van der Waals surface area contributed by atoms with Crippen molar-refractivity contribution in [1.29, 1.82) is 0 Å². The number of rotatable bonds is 7. The van der Waals surface area contributed by atoms with Crippen LogP contribution in [0.4, 0.5) is 5.82 Å². The van der Waals surface area contributed by atoms with E-state index >= 15 is 0 Å². The SMILES string of the molecule is Cn1ncc(C[C@H](N=C(c2ccccc2)c2ccccc2)C(=O)OC(C)(C)C)c1[N+](=O)[O-]. The van der Waals surface area contributed by atoms with E-state index in [9.17, 15) is 14.9 Å². The zero-order valence-electron chi connectivity index (χ0n) is 18.6. The first-order valence-electron chi connectivity index (χ1n) is 10.2. The van der Waals surface area contributed by atoms with Gasteiger partial charge in [-0.25, -0.2) is 4.79 Å². The lowest BCUT2D eigenvalue weighted by Gasteiger charge is -2.23. The molecule has 0 saturated carbocycles. The maximum Gasteiger partial charge on any atom is 0.347 e. The molecule has 166 valence electrons. The van der Waals surface area contributed by atoms with Gasteiger partial charge >= 0.3 is 11.8 Å². The van der Waals surface area contributed by atoms with Crippen molar-refractivity contribution < 1.29 is 14.5 Å². The van der Waals surface area contributed by atoms with E-state index in [2.05, 4.69) is 5.10 Å². The van der Waals surface area contributed by atoms with E-state index in [0.717, 1.165) is 11.1 Å². The summed E-state index contributed by atoms with van der Waals surface area (Å²) < 4.78 is 6.79. The molecule has 1 atom stereocenters. The molecule has 1 heterocycles. The van der Waals surface area contributed by atoms with Crippen LogP contribution in [0.3, 0.4) is 0 Å². The number of carbonyl (C=O) groups is 1. The fraction of sp³-hybridized carbons (Fsp3) is 0.292. The predicted octanol–water partition coefficient (Wildman–Crippen LogP) is 4.12. The molecule has 8 heteroatoms. The van der Waals surface area contributed by atoms with Gasteiger partial charge in [0.1, 0.15) is 12.6 Å². The summed E-state index contributed by atoms with van der Waals surface area (Å²) in [5, 5.41) is 15.5. The van der Waals surface area contributed by atoms with Crippen molar-refractivity contribution in [2.45, 2.75) is 38.8 Å². The molecule has 0 saturated heterocycles. The number of hydrogen-bond acceptors (Lipinski definition) is 6. The van der Waals surface area contributed by atoms with Crippen LogP contribution in [0.2, 0.25) is 0 Å². The number of nitro groups is 1. The first-order valence-corrected chi connectivity index (χ1v) is 10.2. The zero-order chi connectivity index (χ0) is 23.3. The van der Waals surface area contributed by atoms with Crippen molar-refractivity contribution in [2.75, 3.05) is 0 Å². The van der Waals surface area contributed by atoms with E-state index in [1.54, 1.807) is 20.8 Å². The molecular weight excluding hydrogens is 408 g/mol. The van der Waals surface area contributed by atoms with Crippen LogP contribution in [0.1, 0.15) is 37.5 Å². The van der Waals surface area contributed by atoms with E-state index in [1.165, 1.54) is 17.9 Å². The Kier molecular flexibility index (Phi) is 6.82. The number of nitrogens with zero attached hydrogens (tertiary/aromatic N) is 4. The molecule has 3 aromatic rings. The first-order chi connectivity index (χ1) is 15.2. The highest BCUT2D eigenvalue weighted by Gasteiger charge is 2.30. The number of esters is 1. The van der Waals surface area contributed by atoms with Gasteiger partial charge in [-0.3, -0.25) is 4.99 Å². The Morgan fingerprint density at radius 2 is 1.62 bits per heavy atom. The second kappa shape index (κ2) is 9.55. The van der Waals surface area contributed by atoms with Crippen molar-refractivity contribution in [1.82, 2.24) is 9.78 Å². The average Bonchev–Trinajstić information content (AvgIpc) is 3.11. The Labute approximate surface area is 186 Å². The number of aliphatic imine (C=N–C) groups is 1. The van der Waals surface area contributed by atoms with Crippen LogP contribution in [0, 0.1) is 10.1 Å². The molecule has 0 aliphatic heterocycles. The second-order valence-electron chi connectivity index (χ2n) is 8.34. The van der Waals surface area contributed by atoms with Crippen molar-refractivity contribution in [2.24, 2.45) is 12.0 Å². The minimum absolute atomic E-state index is 0.0117. The van der Waals surface area contributed by atoms with Gasteiger partial charge < -0.3 is 14.9 Å². The molecule has 0 aliphatic rings. The summed E-state index contributed by atoms with van der Waals surface area (Å²) in [6.07, 6.45) is 1.39. The Bertz CT molecular complexity index is 1070. The first kappa shape index (κ1) is 22.9. The Morgan fingerprint density at radius 1 is 1.09 bits per heavy atom. The summed E-state index contributed by atoms with van der Waals surface area (Å²) in [7, 11) is 1.49. The molecule has 0 N–H and O–H groups in total. The normalized spacial score (nSPS) is 12.1. The number of benzene rings is 2. The summed E-state index contributed by atoms with van der Waals surface area (Å²) in [5.74, 6) is -0.727. The van der Waals surface area contributed by atoms with Gasteiger partial charge in [-0.1, -0.05) is 65.8 Å². The van der Waals surface area contributed by atoms with Gasteiger partial charge in [0.05, 0.1) is 17.5 Å². The minimum Gasteiger partial charge on any atom is -0.458 e. The Morgan fingerprint density at radius 3 is 2.09 bits per heavy atom. The molecule has 0 spiro atoms. The van der Waals surface area contributed by atoms with Crippen molar-refractivity contribution in [3.05, 3.63) is 93.7 Å². The fourth-order valence-electron chi connectivity index (χ4n) is 3.28. The van der Waals surface area contributed by atoms with Gasteiger partial charge in [-0.15, -0.1) is 4.68 Å². The van der Waals surface area contributed by atoms with Crippen molar-refractivity contribution in [3.8, 4) is 0 Å². The van der Waals surface area contributed by atoms with E-state index in [0.29, 0.717) is 11.3 Å². The maximum absolute atomic E-state index is 13.1. The maximum atomic E-state index is 13.1. The average molecular weight is 434 g/mol. The number of aromatic nitrogens is 2. The van der Waals surface area contributed by atoms with Gasteiger partial charge in [0.25, 0.3) is 0 Å². The number of aryl methyl sites for hydroxylation is 1. The molecule has 2 aromatic carbocycles. The molecule has 3 rings (SSSR count). The molecule has 0 unspecified atom stereocenters. The van der Waals surface area contributed by atoms with E-state index < -0.39 is 22.5 Å². The lowest BCUT2D eigenvalue weighted by molar-refractivity contribution is -0.393. The molecule has 0 amide bonds. The molecule has 8 nitrogen and oxygen atoms in total. The quantitative estimate of drug-likeness (QED) is 0.241. The highest BCUT2D eigenvalue weighted by atomic mass is 16.6. The van der Waals surface area contributed by atoms with E-state index in [-0.39, 0.29) is 12.2 Å². The smallest absolute Gasteiger partial charge is 0.347 e. The van der Waals surface area contributed by atoms with Crippen LogP contribution in [0.15, 0.2) is 71.9 Å². The summed E-state index contributed by atoms with van der Waals surface area (Å²) in [4.78, 5) is 28.9. The molecule has 1 aromatic heterocycles. The highest BCUT2D eigenvalue weighted by molar-refractivity contribution is 6.13. The van der Waals surface area contributed by atoms with Gasteiger partial charge in [0, 0.05) is 17.5 Å². The fourth-order valence-corrected chi connectivity index (χ4v) is 3.28. The summed E-state index contributed by atoms with van der Waals surface area (Å²) in [5.41, 5.74) is 1.85. The number of ether oxygens (including phenoxy) is 1. The third-order valence-electron chi connectivity index (χ3n) is 4.62. The van der Waals surface area contributed by atoms with Crippen LogP contribution in [-0.2, 0) is 23.0 Å². The van der Waals surface area contributed by atoms with Crippen LogP contribution < -0.4 is 0 Å². The predicted molar refractivity (Wildman–Crippen MR) is 122 cm³/mol. The molecule has 0 bridgehead atoms. The highest BCUT2D eigenvalue weighted by Crippen LogP contribution is 2.22. The Hall–Kier alpha value is -3.81. The number of hydrogen-bond donors (Lipinski definition) is 0. The zero-order valence-corrected chi connectivity index (χ0v) is 18.6. The molecule has 0 aliphatic carbocycles. The van der Waals surface area contributed by atoms with Crippen LogP contribution >= 0.6 is 0 Å². The third kappa shape index (κ3) is 5.66. The van der Waals surface area contributed by atoms with Crippen molar-refractivity contribution >= 4 is 17.5 Å². The van der Waals surface area contributed by atoms with Gasteiger partial charge in [0.15, 0.2) is 6.04 Å². The standard InChI is InChI=1S/C24H26N4O4/c1-24(2,3)32-23(29)20(15-19-16-25-27(4)22(19)28(30)31)26-21(17-11-7-5-8-12-17)18-13-9-6-10-14-18/h5-14,16,20H,15H2,1-4H3/t20-/m0/s1. The summed E-state index contributed by atoms with van der Waals surface area (Å²) >= 11 is 0. The van der Waals surface area contributed by atoms with E-state index in [1.807, 2.05) is 60.7 Å². The van der Waals surface area contributed by atoms with Crippen LogP contribution in [-0.4, -0.2) is 38.0 Å². The molecule has 32 heavy (non-hydrogen) atoms. The topological polar surface area (TPSA) is 99.6 Å². The molecule has 0 radical (unpaired) electrons. The van der Waals surface area contributed by atoms with Crippen LogP contribution in [0.25, 0.3) is 0 Å². The molecule has 0 fully saturated rings. The molecular formula is C24H26N4O4. The van der Waals surface area contributed by atoms with Crippen molar-refractivity contribution in [3.63, 3.8) is 0 Å². The Balaban J connectivity index is 2.11.